The van der Waals surface area contributed by atoms with Gasteiger partial charge in [-0.25, -0.2) is 4.79 Å². The Balaban J connectivity index is 2.14. The number of hydrogen-bond acceptors (Lipinski definition) is 3. The summed E-state index contributed by atoms with van der Waals surface area (Å²) in [5, 5.41) is 3.08. The predicted molar refractivity (Wildman–Crippen MR) is 102 cm³/mol. The molecule has 0 N–H and O–H groups in total. The van der Waals surface area contributed by atoms with Crippen molar-refractivity contribution in [2.75, 3.05) is 0 Å². The lowest BCUT2D eigenvalue weighted by Crippen LogP contribution is -2.22. The van der Waals surface area contributed by atoms with E-state index in [1.54, 1.807) is 22.8 Å². The van der Waals surface area contributed by atoms with Crippen LogP contribution in [0.5, 0.6) is 0 Å². The minimum Gasteiger partial charge on any atom is -0.260 e. The maximum Gasteiger partial charge on any atom is 0.338 e. The van der Waals surface area contributed by atoms with E-state index in [1.807, 2.05) is 54.6 Å². The van der Waals surface area contributed by atoms with Gasteiger partial charge in [0.05, 0.1) is 22.4 Å². The van der Waals surface area contributed by atoms with Crippen molar-refractivity contribution in [1.29, 1.82) is 0 Å². The Morgan fingerprint density at radius 2 is 1.44 bits per heavy atom. The first-order chi connectivity index (χ1) is 12.2. The Kier molecular flexibility index (Phi) is 3.82. The zero-order valence-corrected chi connectivity index (χ0v) is 14.6. The molecule has 0 radical (unpaired) electrons. The van der Waals surface area contributed by atoms with Gasteiger partial charge in [0.15, 0.2) is 0 Å². The molecule has 0 fully saturated rings. The lowest BCUT2D eigenvalue weighted by molar-refractivity contribution is 0.929. The Bertz CT molecular complexity index is 1150. The maximum absolute atomic E-state index is 13.2. The topological polar surface area (TPSA) is 56.4 Å². The van der Waals surface area contributed by atoms with Crippen LogP contribution in [0.3, 0.4) is 0 Å². The highest BCUT2D eigenvalue weighted by Gasteiger charge is 2.18. The third kappa shape index (κ3) is 2.51. The highest BCUT2D eigenvalue weighted by Crippen LogP contribution is 2.29. The Labute approximate surface area is 151 Å². The molecule has 0 saturated carbocycles. The molecule has 0 unspecified atom stereocenters. The van der Waals surface area contributed by atoms with Crippen molar-refractivity contribution in [1.82, 2.24) is 9.13 Å². The van der Waals surface area contributed by atoms with E-state index < -0.39 is 0 Å². The lowest BCUT2D eigenvalue weighted by Gasteiger charge is -2.06. The first kappa shape index (κ1) is 15.5. The molecule has 6 heteroatoms. The molecule has 0 aliphatic heterocycles. The number of benzene rings is 3. The van der Waals surface area contributed by atoms with Crippen LogP contribution in [0.15, 0.2) is 87.2 Å². The number of hydrogen-bond donors (Lipinski definition) is 0. The van der Waals surface area contributed by atoms with Crippen molar-refractivity contribution < 1.29 is 0 Å². The van der Waals surface area contributed by atoms with E-state index in [9.17, 15) is 9.70 Å². The van der Waals surface area contributed by atoms with Crippen LogP contribution < -0.4 is 5.69 Å². The molecule has 25 heavy (non-hydrogen) atoms. The van der Waals surface area contributed by atoms with E-state index in [0.29, 0.717) is 11.2 Å². The van der Waals surface area contributed by atoms with Gasteiger partial charge < -0.3 is 0 Å². The molecule has 0 atom stereocenters. The molecule has 0 amide bonds. The highest BCUT2D eigenvalue weighted by molar-refractivity contribution is 9.10. The van der Waals surface area contributed by atoms with Crippen molar-refractivity contribution in [3.8, 4) is 11.4 Å². The van der Waals surface area contributed by atoms with Crippen LogP contribution in [0.1, 0.15) is 0 Å². The van der Waals surface area contributed by atoms with Crippen molar-refractivity contribution >= 4 is 32.7 Å². The van der Waals surface area contributed by atoms with Crippen molar-refractivity contribution in [3.05, 3.63) is 92.7 Å². The molecule has 0 saturated heterocycles. The monoisotopic (exact) mass is 393 g/mol. The summed E-state index contributed by atoms with van der Waals surface area (Å²) in [6, 6.07) is 21.9. The zero-order valence-electron chi connectivity index (χ0n) is 13.0. The summed E-state index contributed by atoms with van der Waals surface area (Å²) in [6.45, 7) is 0. The molecule has 0 aliphatic rings. The Hall–Kier alpha value is -2.99. The van der Waals surface area contributed by atoms with E-state index in [-0.39, 0.29) is 11.4 Å². The zero-order chi connectivity index (χ0) is 17.4. The van der Waals surface area contributed by atoms with Gasteiger partial charge in [0.25, 0.3) is 0 Å². The molecule has 0 bridgehead atoms. The summed E-state index contributed by atoms with van der Waals surface area (Å²) in [5.74, 6) is 0. The molecule has 1 aromatic heterocycles. The number of imidazole rings is 1. The van der Waals surface area contributed by atoms with E-state index in [0.717, 1.165) is 15.7 Å². The van der Waals surface area contributed by atoms with E-state index in [2.05, 4.69) is 21.1 Å². The first-order valence-electron chi connectivity index (χ1n) is 7.62. The second kappa shape index (κ2) is 6.14. The van der Waals surface area contributed by atoms with Crippen LogP contribution in [0.2, 0.25) is 0 Å². The lowest BCUT2D eigenvalue weighted by atomic mass is 10.2. The minimum absolute atomic E-state index is 0.210. The van der Waals surface area contributed by atoms with Gasteiger partial charge in [0, 0.05) is 4.47 Å². The molecule has 122 valence electrons. The number of nitrogens with zero attached hydrogens (tertiary/aromatic N) is 3. The third-order valence-electron chi connectivity index (χ3n) is 4.04. The summed E-state index contributed by atoms with van der Waals surface area (Å²) in [5.41, 5.74) is 2.63. The van der Waals surface area contributed by atoms with Crippen LogP contribution in [-0.4, -0.2) is 9.13 Å². The third-order valence-corrected chi connectivity index (χ3v) is 4.53. The van der Waals surface area contributed by atoms with Gasteiger partial charge in [-0.2, -0.15) is 0 Å². The van der Waals surface area contributed by atoms with E-state index in [4.69, 9.17) is 0 Å². The number of fused-ring (bicyclic) bond motifs is 1. The molecule has 0 aliphatic carbocycles. The van der Waals surface area contributed by atoms with E-state index in [1.165, 1.54) is 4.57 Å². The smallest absolute Gasteiger partial charge is 0.260 e. The molecular formula is C19H12BrN3O2. The summed E-state index contributed by atoms with van der Waals surface area (Å²) >= 11 is 3.40. The molecule has 0 spiro atoms. The summed E-state index contributed by atoms with van der Waals surface area (Å²) in [6.07, 6.45) is 0. The summed E-state index contributed by atoms with van der Waals surface area (Å²) < 4.78 is 3.91. The quantitative estimate of drug-likeness (QED) is 0.462. The second-order valence-electron chi connectivity index (χ2n) is 5.50. The first-order valence-corrected chi connectivity index (χ1v) is 8.41. The van der Waals surface area contributed by atoms with E-state index >= 15 is 0 Å². The van der Waals surface area contributed by atoms with Gasteiger partial charge in [-0.3, -0.25) is 9.13 Å². The standard InChI is InChI=1S/C19H12BrN3O2/c20-13-10-11-15(21-25)18(12-13)23-17-9-5-4-8-16(17)22(19(23)24)14-6-2-1-3-7-14/h1-12H. The number of nitroso groups, excluding NO2 is 1. The molecule has 4 rings (SSSR count). The van der Waals surface area contributed by atoms with Crippen molar-refractivity contribution in [2.45, 2.75) is 0 Å². The molecule has 5 nitrogen and oxygen atoms in total. The van der Waals surface area contributed by atoms with Crippen molar-refractivity contribution in [2.24, 2.45) is 5.18 Å². The SMILES string of the molecule is O=Nc1ccc(Br)cc1-n1c(=O)n(-c2ccccc2)c2ccccc21. The number of para-hydroxylation sites is 3. The van der Waals surface area contributed by atoms with Gasteiger partial charge >= 0.3 is 5.69 Å². The predicted octanol–water partition coefficient (Wildman–Crippen LogP) is 4.94. The van der Waals surface area contributed by atoms with Gasteiger partial charge in [0.2, 0.25) is 0 Å². The minimum atomic E-state index is -0.254. The molecule has 3 aromatic carbocycles. The van der Waals surface area contributed by atoms with Crippen LogP contribution in [0.25, 0.3) is 22.4 Å². The number of aromatic nitrogens is 2. The number of halogens is 1. The Morgan fingerprint density at radius 3 is 2.12 bits per heavy atom. The molecule has 1 heterocycles. The average Bonchev–Trinajstić information content (AvgIpc) is 2.94. The largest absolute Gasteiger partial charge is 0.338 e. The second-order valence-corrected chi connectivity index (χ2v) is 6.42. The highest BCUT2D eigenvalue weighted by atomic mass is 79.9. The normalized spacial score (nSPS) is 10.9. The van der Waals surface area contributed by atoms with Crippen LogP contribution in [0, 0.1) is 4.91 Å². The fourth-order valence-electron chi connectivity index (χ4n) is 2.96. The van der Waals surface area contributed by atoms with Gasteiger partial charge in [-0.05, 0) is 47.6 Å². The van der Waals surface area contributed by atoms with Crippen LogP contribution in [-0.2, 0) is 0 Å². The fraction of sp³-hybridized carbons (Fsp3) is 0. The average molecular weight is 394 g/mol. The van der Waals surface area contributed by atoms with Crippen molar-refractivity contribution in [3.63, 3.8) is 0 Å². The molecule has 4 aromatic rings. The van der Waals surface area contributed by atoms with Crippen LogP contribution in [0.4, 0.5) is 5.69 Å². The van der Waals surface area contributed by atoms with Crippen LogP contribution >= 0.6 is 15.9 Å². The maximum atomic E-state index is 13.2. The summed E-state index contributed by atoms with van der Waals surface area (Å²) in [4.78, 5) is 24.5. The number of rotatable bonds is 3. The Morgan fingerprint density at radius 1 is 0.800 bits per heavy atom. The summed E-state index contributed by atoms with van der Waals surface area (Å²) in [7, 11) is 0. The fourth-order valence-corrected chi connectivity index (χ4v) is 3.31. The van der Waals surface area contributed by atoms with Gasteiger partial charge in [-0.1, -0.05) is 46.3 Å². The van der Waals surface area contributed by atoms with Gasteiger partial charge in [0.1, 0.15) is 5.69 Å². The van der Waals surface area contributed by atoms with Gasteiger partial charge in [-0.15, -0.1) is 4.91 Å². The molecular weight excluding hydrogens is 382 g/mol.